The molecule has 0 saturated heterocycles. The van der Waals surface area contributed by atoms with E-state index in [1.165, 1.54) is 38.5 Å². The summed E-state index contributed by atoms with van der Waals surface area (Å²) in [7, 11) is 0. The fraction of sp³-hybridized carbons (Fsp3) is 0.968. The van der Waals surface area contributed by atoms with Crippen molar-refractivity contribution >= 4 is 5.97 Å². The molecule has 0 amide bonds. The molecule has 0 heterocycles. The number of hydrogen-bond acceptors (Lipinski definition) is 2. The average molecular weight is 475 g/mol. The van der Waals surface area contributed by atoms with Gasteiger partial charge in [0.2, 0.25) is 0 Å². The van der Waals surface area contributed by atoms with Crippen LogP contribution >= 0.6 is 0 Å². The molecule has 5 aliphatic rings. The standard InChI is InChI=1S/C27H44O3.C4H10/c1-23(2)19-10-14-26(5)20(24(19,3)13-11-21(23)28)9-8-17-18-7-6-12-27(18,22(29)30)16-15-25(17,26)4;1-3-4-2/h17-21,28H,6-16H2,1-5H3,(H,29,30);3-4H2,1-2H3/t17?,18?,19?,20?,21-,24?,25+,26+,27-;/m0./s1. The topological polar surface area (TPSA) is 57.5 Å². The van der Waals surface area contributed by atoms with E-state index in [4.69, 9.17) is 0 Å². The van der Waals surface area contributed by atoms with Gasteiger partial charge in [0, 0.05) is 0 Å². The maximum absolute atomic E-state index is 12.4. The van der Waals surface area contributed by atoms with Crippen molar-refractivity contribution in [3.8, 4) is 0 Å². The lowest BCUT2D eigenvalue weighted by Crippen LogP contribution is -2.66. The van der Waals surface area contributed by atoms with Crippen LogP contribution in [-0.2, 0) is 4.79 Å². The van der Waals surface area contributed by atoms with E-state index in [0.717, 1.165) is 44.9 Å². The summed E-state index contributed by atoms with van der Waals surface area (Å²) in [4.78, 5) is 12.4. The van der Waals surface area contributed by atoms with E-state index in [1.54, 1.807) is 0 Å². The van der Waals surface area contributed by atoms with Crippen molar-refractivity contribution in [1.29, 1.82) is 0 Å². The Bertz CT molecular complexity index is 773. The first-order valence-electron chi connectivity index (χ1n) is 14.8. The summed E-state index contributed by atoms with van der Waals surface area (Å²) in [5, 5.41) is 21.0. The van der Waals surface area contributed by atoms with Crippen LogP contribution < -0.4 is 0 Å². The van der Waals surface area contributed by atoms with Gasteiger partial charge in [0.1, 0.15) is 0 Å². The fourth-order valence-corrected chi connectivity index (χ4v) is 10.9. The maximum Gasteiger partial charge on any atom is 0.309 e. The molecule has 0 aliphatic heterocycles. The number of unbranched alkanes of at least 4 members (excludes halogenated alkanes) is 1. The highest BCUT2D eigenvalue weighted by Gasteiger charge is 2.70. The maximum atomic E-state index is 12.4. The Balaban J connectivity index is 0.000000636. The number of fused-ring (bicyclic) bond motifs is 7. The van der Waals surface area contributed by atoms with Gasteiger partial charge >= 0.3 is 5.97 Å². The van der Waals surface area contributed by atoms with Crippen LogP contribution in [0.5, 0.6) is 0 Å². The van der Waals surface area contributed by atoms with E-state index < -0.39 is 11.4 Å². The van der Waals surface area contributed by atoms with Crippen LogP contribution in [0.4, 0.5) is 0 Å². The predicted octanol–water partition coefficient (Wildman–Crippen LogP) is 8.09. The number of rotatable bonds is 2. The third-order valence-electron chi connectivity index (χ3n) is 13.3. The summed E-state index contributed by atoms with van der Waals surface area (Å²) in [6.45, 7) is 16.7. The molecule has 5 saturated carbocycles. The largest absolute Gasteiger partial charge is 0.481 e. The number of aliphatic hydroxyl groups excluding tert-OH is 1. The number of carboxylic acid groups (broad SMARTS) is 1. The van der Waals surface area contributed by atoms with E-state index in [2.05, 4.69) is 48.5 Å². The second kappa shape index (κ2) is 8.77. The highest BCUT2D eigenvalue weighted by Crippen LogP contribution is 2.76. The third-order valence-corrected chi connectivity index (χ3v) is 13.3. The molecule has 34 heavy (non-hydrogen) atoms. The van der Waals surface area contributed by atoms with Crippen molar-refractivity contribution in [2.45, 2.75) is 138 Å². The van der Waals surface area contributed by atoms with Crippen molar-refractivity contribution in [2.24, 2.45) is 50.7 Å². The summed E-state index contributed by atoms with van der Waals surface area (Å²) in [5.41, 5.74) is 0.444. The number of hydrogen-bond donors (Lipinski definition) is 2. The summed E-state index contributed by atoms with van der Waals surface area (Å²) < 4.78 is 0. The first kappa shape index (κ1) is 26.5. The Morgan fingerprint density at radius 3 is 2.03 bits per heavy atom. The molecular formula is C31H54O3. The van der Waals surface area contributed by atoms with Gasteiger partial charge in [-0.15, -0.1) is 0 Å². The quantitative estimate of drug-likeness (QED) is 0.425. The molecule has 5 aliphatic carbocycles. The first-order valence-corrected chi connectivity index (χ1v) is 14.8. The molecule has 0 aromatic heterocycles. The van der Waals surface area contributed by atoms with E-state index >= 15 is 0 Å². The molecule has 0 bridgehead atoms. The Morgan fingerprint density at radius 2 is 1.41 bits per heavy atom. The Kier molecular flexibility index (Phi) is 6.84. The monoisotopic (exact) mass is 474 g/mol. The van der Waals surface area contributed by atoms with Crippen LogP contribution in [0.3, 0.4) is 0 Å². The van der Waals surface area contributed by atoms with Crippen LogP contribution in [0.1, 0.15) is 132 Å². The van der Waals surface area contributed by atoms with Crippen molar-refractivity contribution in [1.82, 2.24) is 0 Å². The lowest BCUT2D eigenvalue weighted by molar-refractivity contribution is -0.246. The molecule has 9 atom stereocenters. The van der Waals surface area contributed by atoms with Gasteiger partial charge in [-0.05, 0) is 110 Å². The molecule has 5 rings (SSSR count). The molecule has 0 aromatic rings. The van der Waals surface area contributed by atoms with Gasteiger partial charge in [-0.3, -0.25) is 4.79 Å². The molecule has 3 heteroatoms. The number of aliphatic hydroxyl groups is 1. The first-order chi connectivity index (χ1) is 15.8. The van der Waals surface area contributed by atoms with Crippen molar-refractivity contribution in [2.75, 3.05) is 0 Å². The van der Waals surface area contributed by atoms with Gasteiger partial charge in [0.05, 0.1) is 11.5 Å². The van der Waals surface area contributed by atoms with Crippen LogP contribution in [-0.4, -0.2) is 22.3 Å². The highest BCUT2D eigenvalue weighted by atomic mass is 16.4. The van der Waals surface area contributed by atoms with Crippen molar-refractivity contribution in [3.05, 3.63) is 0 Å². The summed E-state index contributed by atoms with van der Waals surface area (Å²) >= 11 is 0. The minimum Gasteiger partial charge on any atom is -0.481 e. The predicted molar refractivity (Wildman–Crippen MR) is 140 cm³/mol. The molecule has 5 fully saturated rings. The Labute approximate surface area is 209 Å². The summed E-state index contributed by atoms with van der Waals surface area (Å²) in [5.74, 6) is 1.77. The van der Waals surface area contributed by atoms with Crippen LogP contribution in [0.2, 0.25) is 0 Å². The fourth-order valence-electron chi connectivity index (χ4n) is 10.9. The molecule has 0 radical (unpaired) electrons. The molecule has 196 valence electrons. The molecule has 0 aromatic carbocycles. The van der Waals surface area contributed by atoms with Gasteiger partial charge in [0.15, 0.2) is 0 Å². The zero-order valence-electron chi connectivity index (χ0n) is 23.4. The lowest BCUT2D eigenvalue weighted by Gasteiger charge is -2.72. The lowest BCUT2D eigenvalue weighted by atomic mass is 9.32. The van der Waals surface area contributed by atoms with Crippen LogP contribution in [0.25, 0.3) is 0 Å². The highest BCUT2D eigenvalue weighted by molar-refractivity contribution is 5.76. The molecule has 2 N–H and O–H groups in total. The minimum atomic E-state index is -0.502. The second-order valence-electron chi connectivity index (χ2n) is 14.5. The van der Waals surface area contributed by atoms with Gasteiger partial charge in [-0.25, -0.2) is 0 Å². The SMILES string of the molecule is CC12CC[C@H](O)C(C)(C)C1CC[C@]1(C)C2CCC2C3CCC[C@]3(C(=O)O)CC[C@]21C.CCCC. The average Bonchev–Trinajstić information content (AvgIpc) is 3.23. The van der Waals surface area contributed by atoms with E-state index in [9.17, 15) is 15.0 Å². The summed E-state index contributed by atoms with van der Waals surface area (Å²) in [6.07, 6.45) is 14.7. The minimum absolute atomic E-state index is 0.00254. The van der Waals surface area contributed by atoms with Gasteiger partial charge in [-0.1, -0.05) is 67.7 Å². The van der Waals surface area contributed by atoms with Gasteiger partial charge < -0.3 is 10.2 Å². The van der Waals surface area contributed by atoms with E-state index in [0.29, 0.717) is 34.5 Å². The molecule has 0 spiro atoms. The van der Waals surface area contributed by atoms with Crippen molar-refractivity contribution in [3.63, 3.8) is 0 Å². The Morgan fingerprint density at radius 1 is 0.735 bits per heavy atom. The second-order valence-corrected chi connectivity index (χ2v) is 14.5. The van der Waals surface area contributed by atoms with Crippen LogP contribution in [0, 0.1) is 50.7 Å². The van der Waals surface area contributed by atoms with Crippen LogP contribution in [0.15, 0.2) is 0 Å². The van der Waals surface area contributed by atoms with E-state index in [-0.39, 0.29) is 16.9 Å². The molecule has 3 nitrogen and oxygen atoms in total. The van der Waals surface area contributed by atoms with E-state index in [1.807, 2.05) is 0 Å². The molecular weight excluding hydrogens is 420 g/mol. The number of aliphatic carboxylic acids is 1. The normalized spacial score (nSPS) is 51.1. The number of carbonyl (C=O) groups is 1. The van der Waals surface area contributed by atoms with Gasteiger partial charge in [0.25, 0.3) is 0 Å². The zero-order chi connectivity index (χ0) is 25.2. The third kappa shape index (κ3) is 3.41. The smallest absolute Gasteiger partial charge is 0.309 e. The van der Waals surface area contributed by atoms with Gasteiger partial charge in [-0.2, -0.15) is 0 Å². The zero-order valence-corrected chi connectivity index (χ0v) is 23.4. The Hall–Kier alpha value is -0.570. The summed E-state index contributed by atoms with van der Waals surface area (Å²) in [6, 6.07) is 0. The molecule has 5 unspecified atom stereocenters. The van der Waals surface area contributed by atoms with Crippen molar-refractivity contribution < 1.29 is 15.0 Å². The number of carboxylic acids is 1.